The highest BCUT2D eigenvalue weighted by Gasteiger charge is 2.10. The number of nitro groups is 1. The molecule has 1 amide bonds. The van der Waals surface area contributed by atoms with Gasteiger partial charge in [-0.1, -0.05) is 31.5 Å². The Bertz CT molecular complexity index is 774. The van der Waals surface area contributed by atoms with Crippen molar-refractivity contribution in [3.05, 3.63) is 69.8 Å². The number of nitrogens with zero attached hydrogens (tertiary/aromatic N) is 2. The second-order valence-electron chi connectivity index (χ2n) is 5.25. The number of hydrogen-bond donors (Lipinski definition) is 1. The molecular formula is C18H19N3O4. The zero-order valence-corrected chi connectivity index (χ0v) is 13.8. The van der Waals surface area contributed by atoms with Crippen molar-refractivity contribution in [3.63, 3.8) is 0 Å². The van der Waals surface area contributed by atoms with E-state index in [1.165, 1.54) is 30.5 Å². The summed E-state index contributed by atoms with van der Waals surface area (Å²) in [4.78, 5) is 22.2. The predicted octanol–water partition coefficient (Wildman–Crippen LogP) is 3.54. The van der Waals surface area contributed by atoms with Crippen molar-refractivity contribution in [2.45, 2.75) is 19.8 Å². The fourth-order valence-electron chi connectivity index (χ4n) is 2.03. The Morgan fingerprint density at radius 3 is 2.84 bits per heavy atom. The number of carbonyl (C=O) groups is 1. The Kier molecular flexibility index (Phi) is 6.65. The molecule has 0 aliphatic carbocycles. The molecule has 0 atom stereocenters. The first-order valence-electron chi connectivity index (χ1n) is 7.91. The van der Waals surface area contributed by atoms with E-state index in [0.717, 1.165) is 18.4 Å². The van der Waals surface area contributed by atoms with Crippen LogP contribution < -0.4 is 10.2 Å². The third kappa shape index (κ3) is 5.42. The molecule has 0 aliphatic rings. The van der Waals surface area contributed by atoms with Crippen molar-refractivity contribution < 1.29 is 14.5 Å². The molecule has 7 heteroatoms. The number of para-hydroxylation sites is 1. The van der Waals surface area contributed by atoms with E-state index in [2.05, 4.69) is 17.5 Å². The minimum Gasteiger partial charge on any atom is -0.493 e. The van der Waals surface area contributed by atoms with Crippen molar-refractivity contribution in [1.82, 2.24) is 5.43 Å². The molecule has 2 aromatic rings. The van der Waals surface area contributed by atoms with E-state index in [9.17, 15) is 14.9 Å². The lowest BCUT2D eigenvalue weighted by molar-refractivity contribution is -0.384. The maximum atomic E-state index is 12.0. The molecule has 0 bridgehead atoms. The van der Waals surface area contributed by atoms with Gasteiger partial charge in [0.2, 0.25) is 0 Å². The fraction of sp³-hybridized carbons (Fsp3) is 0.222. The lowest BCUT2D eigenvalue weighted by Gasteiger charge is -2.08. The monoisotopic (exact) mass is 341 g/mol. The molecule has 130 valence electrons. The molecule has 0 radical (unpaired) electrons. The molecule has 2 aromatic carbocycles. The van der Waals surface area contributed by atoms with E-state index in [1.807, 2.05) is 24.3 Å². The van der Waals surface area contributed by atoms with Gasteiger partial charge < -0.3 is 4.74 Å². The maximum absolute atomic E-state index is 12.0. The van der Waals surface area contributed by atoms with E-state index in [1.54, 1.807) is 0 Å². The molecule has 25 heavy (non-hydrogen) atoms. The summed E-state index contributed by atoms with van der Waals surface area (Å²) in [6.45, 7) is 2.70. The number of nitro benzene ring substituents is 1. The number of amides is 1. The first-order valence-corrected chi connectivity index (χ1v) is 7.91. The van der Waals surface area contributed by atoms with Crippen LogP contribution >= 0.6 is 0 Å². The third-order valence-corrected chi connectivity index (χ3v) is 3.36. The number of hydrogen-bond acceptors (Lipinski definition) is 5. The maximum Gasteiger partial charge on any atom is 0.271 e. The first-order chi connectivity index (χ1) is 12.1. The SMILES string of the molecule is CCCCOc1ccccc1/C=N\NC(=O)c1cccc([N+](=O)[O-])c1. The van der Waals surface area contributed by atoms with Crippen LogP contribution in [0.4, 0.5) is 5.69 Å². The van der Waals surface area contributed by atoms with Crippen LogP contribution in [0.15, 0.2) is 53.6 Å². The normalized spacial score (nSPS) is 10.6. The summed E-state index contributed by atoms with van der Waals surface area (Å²) < 4.78 is 5.68. The van der Waals surface area contributed by atoms with E-state index >= 15 is 0 Å². The summed E-state index contributed by atoms with van der Waals surface area (Å²) in [5, 5.41) is 14.7. The smallest absolute Gasteiger partial charge is 0.271 e. The number of unbranched alkanes of at least 4 members (excludes halogenated alkanes) is 1. The molecule has 0 aromatic heterocycles. The summed E-state index contributed by atoms with van der Waals surface area (Å²) >= 11 is 0. The van der Waals surface area contributed by atoms with Gasteiger partial charge in [0.25, 0.3) is 11.6 Å². The van der Waals surface area contributed by atoms with Crippen LogP contribution in [-0.2, 0) is 0 Å². The van der Waals surface area contributed by atoms with Gasteiger partial charge in [0.15, 0.2) is 0 Å². The van der Waals surface area contributed by atoms with Crippen molar-refractivity contribution >= 4 is 17.8 Å². The summed E-state index contributed by atoms with van der Waals surface area (Å²) in [5.74, 6) is 0.161. The van der Waals surface area contributed by atoms with Crippen molar-refractivity contribution in [2.24, 2.45) is 5.10 Å². The molecule has 2 rings (SSSR count). The fourth-order valence-corrected chi connectivity index (χ4v) is 2.03. The number of nitrogens with one attached hydrogen (secondary N) is 1. The van der Waals surface area contributed by atoms with Gasteiger partial charge in [-0.05, 0) is 24.6 Å². The molecule has 1 N–H and O–H groups in total. The largest absolute Gasteiger partial charge is 0.493 e. The van der Waals surface area contributed by atoms with E-state index < -0.39 is 10.8 Å². The highest BCUT2D eigenvalue weighted by Crippen LogP contribution is 2.16. The van der Waals surface area contributed by atoms with Crippen molar-refractivity contribution in [3.8, 4) is 5.75 Å². The van der Waals surface area contributed by atoms with Gasteiger partial charge in [0.05, 0.1) is 17.7 Å². The van der Waals surface area contributed by atoms with Crippen molar-refractivity contribution in [2.75, 3.05) is 6.61 Å². The highest BCUT2D eigenvalue weighted by atomic mass is 16.6. The topological polar surface area (TPSA) is 93.8 Å². The average molecular weight is 341 g/mol. The Hall–Kier alpha value is -3.22. The second-order valence-corrected chi connectivity index (χ2v) is 5.25. The van der Waals surface area contributed by atoms with Crippen LogP contribution in [0, 0.1) is 10.1 Å². The molecule has 0 spiro atoms. The molecule has 0 saturated carbocycles. The highest BCUT2D eigenvalue weighted by molar-refractivity contribution is 5.95. The van der Waals surface area contributed by atoms with Crippen LogP contribution in [0.3, 0.4) is 0 Å². The molecule has 0 heterocycles. The molecule has 0 aliphatic heterocycles. The summed E-state index contributed by atoms with van der Waals surface area (Å²) in [5.41, 5.74) is 3.11. The van der Waals surface area contributed by atoms with Crippen LogP contribution in [0.1, 0.15) is 35.7 Å². The van der Waals surface area contributed by atoms with Crippen LogP contribution in [0.25, 0.3) is 0 Å². The average Bonchev–Trinajstić information content (AvgIpc) is 2.63. The number of rotatable bonds is 8. The van der Waals surface area contributed by atoms with Gasteiger partial charge in [0.1, 0.15) is 5.75 Å². The van der Waals surface area contributed by atoms with Crippen LogP contribution in [0.5, 0.6) is 5.75 Å². The molecule has 7 nitrogen and oxygen atoms in total. The van der Waals surface area contributed by atoms with E-state index in [4.69, 9.17) is 4.74 Å². The minimum absolute atomic E-state index is 0.147. The lowest BCUT2D eigenvalue weighted by atomic mass is 10.2. The first kappa shape index (κ1) is 18.1. The summed E-state index contributed by atoms with van der Waals surface area (Å²) in [6, 6.07) is 12.8. The van der Waals surface area contributed by atoms with Gasteiger partial charge in [-0.25, -0.2) is 5.43 Å². The number of benzene rings is 2. The van der Waals surface area contributed by atoms with Gasteiger partial charge in [-0.2, -0.15) is 5.10 Å². The molecule has 0 fully saturated rings. The van der Waals surface area contributed by atoms with Gasteiger partial charge in [-0.3, -0.25) is 14.9 Å². The minimum atomic E-state index is -0.552. The number of non-ortho nitro benzene ring substituents is 1. The van der Waals surface area contributed by atoms with Gasteiger partial charge >= 0.3 is 0 Å². The molecule has 0 saturated heterocycles. The van der Waals surface area contributed by atoms with Gasteiger partial charge in [0, 0.05) is 23.3 Å². The van der Waals surface area contributed by atoms with E-state index in [0.29, 0.717) is 12.4 Å². The number of ether oxygens (including phenoxy) is 1. The standard InChI is InChI=1S/C18H19N3O4/c1-2-3-11-25-17-10-5-4-7-15(17)13-19-20-18(22)14-8-6-9-16(12-14)21(23)24/h4-10,12-13H,2-3,11H2,1H3,(H,20,22)/b19-13-. The zero-order chi connectivity index (χ0) is 18.1. The second kappa shape index (κ2) is 9.17. The molecule has 0 unspecified atom stereocenters. The Morgan fingerprint density at radius 1 is 1.28 bits per heavy atom. The zero-order valence-electron chi connectivity index (χ0n) is 13.8. The quantitative estimate of drug-likeness (QED) is 0.344. The Balaban J connectivity index is 2.02. The summed E-state index contributed by atoms with van der Waals surface area (Å²) in [6.07, 6.45) is 3.47. The van der Waals surface area contributed by atoms with E-state index in [-0.39, 0.29) is 11.3 Å². The number of hydrazone groups is 1. The summed E-state index contributed by atoms with van der Waals surface area (Å²) in [7, 11) is 0. The lowest BCUT2D eigenvalue weighted by Crippen LogP contribution is -2.17. The third-order valence-electron chi connectivity index (χ3n) is 3.36. The van der Waals surface area contributed by atoms with Crippen LogP contribution in [-0.4, -0.2) is 23.7 Å². The predicted molar refractivity (Wildman–Crippen MR) is 95.0 cm³/mol. The Morgan fingerprint density at radius 2 is 2.08 bits per heavy atom. The van der Waals surface area contributed by atoms with Gasteiger partial charge in [-0.15, -0.1) is 0 Å². The molecular weight excluding hydrogens is 322 g/mol. The Labute approximate surface area is 145 Å². The van der Waals surface area contributed by atoms with Crippen molar-refractivity contribution in [1.29, 1.82) is 0 Å². The van der Waals surface area contributed by atoms with Crippen LogP contribution in [0.2, 0.25) is 0 Å². The number of carbonyl (C=O) groups excluding carboxylic acids is 1.